The van der Waals surface area contributed by atoms with Crippen LogP contribution in [0.3, 0.4) is 0 Å². The van der Waals surface area contributed by atoms with E-state index in [0.717, 1.165) is 27.7 Å². The summed E-state index contributed by atoms with van der Waals surface area (Å²) in [4.78, 5) is 29.2. The van der Waals surface area contributed by atoms with E-state index in [1.54, 1.807) is 25.4 Å². The van der Waals surface area contributed by atoms with Crippen molar-refractivity contribution in [2.75, 3.05) is 12.4 Å². The Bertz CT molecular complexity index is 1300. The fourth-order valence-electron chi connectivity index (χ4n) is 3.56. The first-order chi connectivity index (χ1) is 16.0. The molecule has 0 bridgehead atoms. The number of hydrogen-bond acceptors (Lipinski definition) is 5. The van der Waals surface area contributed by atoms with Gasteiger partial charge in [0.2, 0.25) is 0 Å². The molecule has 0 aliphatic rings. The molecule has 0 fully saturated rings. The molecule has 166 valence electrons. The molecule has 1 heterocycles. The fraction of sp³-hybridized carbons (Fsp3) is 0.148. The van der Waals surface area contributed by atoms with Gasteiger partial charge in [-0.3, -0.25) is 9.78 Å². The second-order valence-corrected chi connectivity index (χ2v) is 7.88. The molecule has 0 unspecified atom stereocenters. The topological polar surface area (TPSA) is 80.3 Å². The lowest BCUT2D eigenvalue weighted by Gasteiger charge is -2.16. The molecule has 0 spiro atoms. The minimum absolute atomic E-state index is 0.132. The van der Waals surface area contributed by atoms with Crippen LogP contribution in [0.1, 0.15) is 34.6 Å². The molecular formula is C27H25N3O3. The van der Waals surface area contributed by atoms with E-state index in [1.165, 1.54) is 0 Å². The van der Waals surface area contributed by atoms with Gasteiger partial charge in [0.15, 0.2) is 0 Å². The third kappa shape index (κ3) is 4.85. The van der Waals surface area contributed by atoms with Crippen LogP contribution in [0, 0.1) is 0 Å². The number of ether oxygens (including phenoxy) is 1. The van der Waals surface area contributed by atoms with Gasteiger partial charge in [0.25, 0.3) is 5.91 Å². The number of anilines is 2. The van der Waals surface area contributed by atoms with Crippen molar-refractivity contribution in [3.8, 4) is 11.1 Å². The van der Waals surface area contributed by atoms with E-state index >= 15 is 0 Å². The third-order valence-electron chi connectivity index (χ3n) is 5.18. The average molecular weight is 440 g/mol. The van der Waals surface area contributed by atoms with Gasteiger partial charge in [-0.05, 0) is 61.4 Å². The highest BCUT2D eigenvalue weighted by atomic mass is 16.5. The lowest BCUT2D eigenvalue weighted by molar-refractivity contribution is 0.0378. The zero-order valence-electron chi connectivity index (χ0n) is 18.8. The number of pyridine rings is 1. The maximum atomic E-state index is 12.9. The molecule has 4 aromatic rings. The molecule has 6 heteroatoms. The lowest BCUT2D eigenvalue weighted by Crippen LogP contribution is -2.17. The van der Waals surface area contributed by atoms with Gasteiger partial charge in [-0.1, -0.05) is 36.4 Å². The number of carbonyl (C=O) groups excluding carboxylic acids is 2. The summed E-state index contributed by atoms with van der Waals surface area (Å²) in [6, 6.07) is 22.9. The second kappa shape index (κ2) is 9.53. The molecule has 0 atom stereocenters. The van der Waals surface area contributed by atoms with Crippen molar-refractivity contribution in [1.29, 1.82) is 0 Å². The van der Waals surface area contributed by atoms with Gasteiger partial charge < -0.3 is 15.4 Å². The standard InChI is InChI=1S/C27H25N3O3/c1-17(2)33-27(32)23-16-29-24-14-13-20(18-9-11-19(12-10-18)26(31)28-3)15-22(24)25(23)30-21-7-5-4-6-8-21/h4-17H,1-3H3,(H,28,31)(H,29,30). The van der Waals surface area contributed by atoms with Crippen LogP contribution in [0.4, 0.5) is 11.4 Å². The number of carbonyl (C=O) groups is 2. The van der Waals surface area contributed by atoms with Crippen molar-refractivity contribution >= 4 is 34.2 Å². The number of nitrogens with zero attached hydrogens (tertiary/aromatic N) is 1. The fourth-order valence-corrected chi connectivity index (χ4v) is 3.56. The summed E-state index contributed by atoms with van der Waals surface area (Å²) in [5, 5.41) is 6.81. The number of esters is 1. The molecule has 0 radical (unpaired) electrons. The quantitative estimate of drug-likeness (QED) is 0.384. The van der Waals surface area contributed by atoms with Crippen LogP contribution in [0.15, 0.2) is 79.0 Å². The SMILES string of the molecule is CNC(=O)c1ccc(-c2ccc3ncc(C(=O)OC(C)C)c(Nc4ccccc4)c3c2)cc1. The summed E-state index contributed by atoms with van der Waals surface area (Å²) < 4.78 is 5.47. The Kier molecular flexibility index (Phi) is 6.36. The smallest absolute Gasteiger partial charge is 0.342 e. The van der Waals surface area contributed by atoms with Gasteiger partial charge in [0, 0.05) is 29.9 Å². The zero-order valence-corrected chi connectivity index (χ0v) is 18.8. The molecule has 6 nitrogen and oxygen atoms in total. The van der Waals surface area contributed by atoms with E-state index in [-0.39, 0.29) is 12.0 Å². The first kappa shape index (κ1) is 22.0. The van der Waals surface area contributed by atoms with Gasteiger partial charge in [0.05, 0.1) is 17.3 Å². The van der Waals surface area contributed by atoms with Crippen molar-refractivity contribution in [2.45, 2.75) is 20.0 Å². The first-order valence-corrected chi connectivity index (χ1v) is 10.7. The predicted molar refractivity (Wildman–Crippen MR) is 131 cm³/mol. The lowest BCUT2D eigenvalue weighted by atomic mass is 10.00. The number of aromatic nitrogens is 1. The van der Waals surface area contributed by atoms with Crippen molar-refractivity contribution < 1.29 is 14.3 Å². The normalized spacial score (nSPS) is 10.8. The minimum Gasteiger partial charge on any atom is -0.459 e. The molecular weight excluding hydrogens is 414 g/mol. The van der Waals surface area contributed by atoms with Crippen molar-refractivity contribution in [3.63, 3.8) is 0 Å². The van der Waals surface area contributed by atoms with Gasteiger partial charge in [-0.2, -0.15) is 0 Å². The highest BCUT2D eigenvalue weighted by molar-refractivity contribution is 6.07. The van der Waals surface area contributed by atoms with E-state index in [4.69, 9.17) is 4.74 Å². The van der Waals surface area contributed by atoms with Gasteiger partial charge >= 0.3 is 5.97 Å². The molecule has 0 aliphatic carbocycles. The Morgan fingerprint density at radius 1 is 0.909 bits per heavy atom. The number of hydrogen-bond donors (Lipinski definition) is 2. The number of rotatable bonds is 6. The summed E-state index contributed by atoms with van der Waals surface area (Å²) >= 11 is 0. The Labute approximate surface area is 192 Å². The number of para-hydroxylation sites is 1. The Balaban J connectivity index is 1.83. The minimum atomic E-state index is -0.432. The van der Waals surface area contributed by atoms with Crippen LogP contribution in [0.2, 0.25) is 0 Å². The number of nitrogens with one attached hydrogen (secondary N) is 2. The molecule has 0 aliphatic heterocycles. The highest BCUT2D eigenvalue weighted by Gasteiger charge is 2.19. The molecule has 0 saturated heterocycles. The van der Waals surface area contributed by atoms with Crippen LogP contribution < -0.4 is 10.6 Å². The van der Waals surface area contributed by atoms with Crippen LogP contribution >= 0.6 is 0 Å². The van der Waals surface area contributed by atoms with Crippen LogP contribution in [-0.2, 0) is 4.74 Å². The predicted octanol–water partition coefficient (Wildman–Crippen LogP) is 5.57. The average Bonchev–Trinajstić information content (AvgIpc) is 2.83. The Hall–Kier alpha value is -4.19. The Morgan fingerprint density at radius 3 is 2.27 bits per heavy atom. The summed E-state index contributed by atoms with van der Waals surface area (Å²) in [5.74, 6) is -0.565. The van der Waals surface area contributed by atoms with E-state index < -0.39 is 5.97 Å². The largest absolute Gasteiger partial charge is 0.459 e. The first-order valence-electron chi connectivity index (χ1n) is 10.7. The summed E-state index contributed by atoms with van der Waals surface area (Å²) in [6.45, 7) is 3.63. The van der Waals surface area contributed by atoms with Crippen molar-refractivity contribution in [1.82, 2.24) is 10.3 Å². The highest BCUT2D eigenvalue weighted by Crippen LogP contribution is 2.33. The number of amides is 1. The molecule has 33 heavy (non-hydrogen) atoms. The monoisotopic (exact) mass is 439 g/mol. The van der Waals surface area contributed by atoms with E-state index in [2.05, 4.69) is 15.6 Å². The molecule has 2 N–H and O–H groups in total. The molecule has 1 aromatic heterocycles. The van der Waals surface area contributed by atoms with Crippen molar-refractivity contribution in [3.05, 3.63) is 90.1 Å². The molecule has 1 amide bonds. The number of benzene rings is 3. The van der Waals surface area contributed by atoms with Gasteiger partial charge in [-0.15, -0.1) is 0 Å². The van der Waals surface area contributed by atoms with E-state index in [9.17, 15) is 9.59 Å². The van der Waals surface area contributed by atoms with Crippen LogP contribution in [0.25, 0.3) is 22.0 Å². The summed E-state index contributed by atoms with van der Waals surface area (Å²) in [6.07, 6.45) is 1.30. The zero-order chi connectivity index (χ0) is 23.4. The van der Waals surface area contributed by atoms with Gasteiger partial charge in [0.1, 0.15) is 5.56 Å². The van der Waals surface area contributed by atoms with Crippen LogP contribution in [-0.4, -0.2) is 30.0 Å². The summed E-state index contributed by atoms with van der Waals surface area (Å²) in [7, 11) is 1.61. The molecule has 3 aromatic carbocycles. The maximum Gasteiger partial charge on any atom is 0.342 e. The maximum absolute atomic E-state index is 12.9. The van der Waals surface area contributed by atoms with E-state index in [1.807, 2.05) is 74.5 Å². The summed E-state index contributed by atoms with van der Waals surface area (Å²) in [5.41, 5.74) is 5.09. The van der Waals surface area contributed by atoms with Crippen LogP contribution in [0.5, 0.6) is 0 Å². The van der Waals surface area contributed by atoms with Gasteiger partial charge in [-0.25, -0.2) is 4.79 Å². The molecule has 0 saturated carbocycles. The third-order valence-corrected chi connectivity index (χ3v) is 5.18. The Morgan fingerprint density at radius 2 is 1.61 bits per heavy atom. The number of fused-ring (bicyclic) bond motifs is 1. The molecule has 4 rings (SSSR count). The van der Waals surface area contributed by atoms with E-state index in [0.29, 0.717) is 16.8 Å². The second-order valence-electron chi connectivity index (χ2n) is 7.88. The van der Waals surface area contributed by atoms with Crippen molar-refractivity contribution in [2.24, 2.45) is 0 Å².